The van der Waals surface area contributed by atoms with Gasteiger partial charge in [-0.3, -0.25) is 4.79 Å². The molecule has 1 aromatic rings. The van der Waals surface area contributed by atoms with E-state index in [-0.39, 0.29) is 5.97 Å². The smallest absolute Gasteiger partial charge is 0.305 e. The second-order valence-electron chi connectivity index (χ2n) is 5.54. The zero-order valence-corrected chi connectivity index (χ0v) is 14.0. The van der Waals surface area contributed by atoms with Crippen molar-refractivity contribution in [3.05, 3.63) is 11.1 Å². The lowest BCUT2D eigenvalue weighted by Crippen LogP contribution is -2.26. The second kappa shape index (κ2) is 6.80. The van der Waals surface area contributed by atoms with Crippen LogP contribution in [0.2, 0.25) is 0 Å². The Hall–Kier alpha value is -0.750. The van der Waals surface area contributed by atoms with E-state index in [2.05, 4.69) is 33.8 Å². The first kappa shape index (κ1) is 15.6. The van der Waals surface area contributed by atoms with Crippen LogP contribution in [0.15, 0.2) is 5.38 Å². The molecule has 6 heteroatoms. The van der Waals surface area contributed by atoms with E-state index in [0.29, 0.717) is 17.6 Å². The summed E-state index contributed by atoms with van der Waals surface area (Å²) in [5, 5.41) is 3.14. The SMILES string of the molecule is COC(=O)CCc1csc(N2CCSC(C)(C)CC2)n1. The van der Waals surface area contributed by atoms with Crippen molar-refractivity contribution >= 4 is 34.2 Å². The minimum atomic E-state index is -0.174. The number of hydrogen-bond acceptors (Lipinski definition) is 6. The highest BCUT2D eigenvalue weighted by Gasteiger charge is 2.24. The Kier molecular flexibility index (Phi) is 5.32. The van der Waals surface area contributed by atoms with E-state index >= 15 is 0 Å². The zero-order valence-electron chi connectivity index (χ0n) is 12.3. The van der Waals surface area contributed by atoms with Crippen LogP contribution >= 0.6 is 23.1 Å². The second-order valence-corrected chi connectivity index (χ2v) is 8.18. The fourth-order valence-corrected chi connectivity index (χ4v) is 4.11. The standard InChI is InChI=1S/C14H22N2O2S2/c1-14(2)6-7-16(8-9-20-14)13-15-11(10-19-13)4-5-12(17)18-3/h10H,4-9H2,1-3H3. The van der Waals surface area contributed by atoms with Crippen LogP contribution in [0.3, 0.4) is 0 Å². The maximum Gasteiger partial charge on any atom is 0.305 e. The number of hydrogen-bond donors (Lipinski definition) is 0. The average molecular weight is 314 g/mol. The van der Waals surface area contributed by atoms with Gasteiger partial charge in [-0.1, -0.05) is 13.8 Å². The molecule has 1 aliphatic rings. The molecule has 0 atom stereocenters. The molecule has 0 radical (unpaired) electrons. The van der Waals surface area contributed by atoms with Gasteiger partial charge >= 0.3 is 5.97 Å². The van der Waals surface area contributed by atoms with Crippen molar-refractivity contribution < 1.29 is 9.53 Å². The molecule has 1 aliphatic heterocycles. The minimum Gasteiger partial charge on any atom is -0.469 e. The zero-order chi connectivity index (χ0) is 14.6. The van der Waals surface area contributed by atoms with Gasteiger partial charge in [0.2, 0.25) is 0 Å². The van der Waals surface area contributed by atoms with Crippen molar-refractivity contribution in [2.24, 2.45) is 0 Å². The van der Waals surface area contributed by atoms with Gasteiger partial charge in [-0.15, -0.1) is 11.3 Å². The number of aryl methyl sites for hydroxylation is 1. The maximum atomic E-state index is 11.2. The Balaban J connectivity index is 1.93. The predicted octanol–water partition coefficient (Wildman–Crippen LogP) is 2.97. The summed E-state index contributed by atoms with van der Waals surface area (Å²) in [6, 6.07) is 0. The average Bonchev–Trinajstić information content (AvgIpc) is 2.81. The number of methoxy groups -OCH3 is 1. The highest BCUT2D eigenvalue weighted by Crippen LogP contribution is 2.33. The summed E-state index contributed by atoms with van der Waals surface area (Å²) < 4.78 is 5.02. The first-order valence-electron chi connectivity index (χ1n) is 6.90. The first-order chi connectivity index (χ1) is 9.50. The molecule has 112 valence electrons. The molecular formula is C14H22N2O2S2. The Labute approximate surface area is 128 Å². The van der Waals surface area contributed by atoms with Crippen molar-refractivity contribution in [3.63, 3.8) is 0 Å². The number of aromatic nitrogens is 1. The highest BCUT2D eigenvalue weighted by atomic mass is 32.2. The maximum absolute atomic E-state index is 11.2. The molecule has 1 aromatic heterocycles. The number of anilines is 1. The summed E-state index contributed by atoms with van der Waals surface area (Å²) >= 11 is 3.72. The van der Waals surface area contributed by atoms with E-state index in [1.807, 2.05) is 11.8 Å². The third-order valence-electron chi connectivity index (χ3n) is 3.46. The van der Waals surface area contributed by atoms with Crippen LogP contribution in [0, 0.1) is 0 Å². The fraction of sp³-hybridized carbons (Fsp3) is 0.714. The number of thiazole rings is 1. The van der Waals surface area contributed by atoms with Crippen molar-refractivity contribution in [1.29, 1.82) is 0 Å². The van der Waals surface area contributed by atoms with Gasteiger partial charge in [0.25, 0.3) is 0 Å². The normalized spacial score (nSPS) is 18.6. The van der Waals surface area contributed by atoms with E-state index in [9.17, 15) is 4.79 Å². The van der Waals surface area contributed by atoms with Crippen LogP contribution in [0.25, 0.3) is 0 Å². The van der Waals surface area contributed by atoms with E-state index in [0.717, 1.165) is 29.7 Å². The lowest BCUT2D eigenvalue weighted by molar-refractivity contribution is -0.140. The lowest BCUT2D eigenvalue weighted by atomic mass is 10.1. The topological polar surface area (TPSA) is 42.4 Å². The predicted molar refractivity (Wildman–Crippen MR) is 85.8 cm³/mol. The highest BCUT2D eigenvalue weighted by molar-refractivity contribution is 8.00. The van der Waals surface area contributed by atoms with Crippen LogP contribution in [0.5, 0.6) is 0 Å². The molecule has 0 amide bonds. The molecule has 2 heterocycles. The fourth-order valence-electron chi connectivity index (χ4n) is 2.10. The van der Waals surface area contributed by atoms with Gasteiger partial charge in [0.15, 0.2) is 5.13 Å². The van der Waals surface area contributed by atoms with Gasteiger partial charge in [0.05, 0.1) is 19.2 Å². The Morgan fingerprint density at radius 1 is 1.50 bits per heavy atom. The number of carbonyl (C=O) groups is 1. The number of ether oxygens (including phenoxy) is 1. The molecule has 0 aliphatic carbocycles. The Bertz CT molecular complexity index is 460. The molecule has 0 spiro atoms. The van der Waals surface area contributed by atoms with Gasteiger partial charge in [-0.05, 0) is 6.42 Å². The van der Waals surface area contributed by atoms with E-state index in [1.165, 1.54) is 13.5 Å². The summed E-state index contributed by atoms with van der Waals surface area (Å²) in [7, 11) is 1.42. The molecule has 0 N–H and O–H groups in total. The molecule has 20 heavy (non-hydrogen) atoms. The largest absolute Gasteiger partial charge is 0.469 e. The van der Waals surface area contributed by atoms with Gasteiger partial charge in [0, 0.05) is 35.4 Å². The molecule has 2 rings (SSSR count). The molecule has 0 unspecified atom stereocenters. The molecule has 4 nitrogen and oxygen atoms in total. The number of rotatable bonds is 4. The van der Waals surface area contributed by atoms with Gasteiger partial charge in [-0.2, -0.15) is 11.8 Å². The molecule has 1 fully saturated rings. The number of esters is 1. The van der Waals surface area contributed by atoms with Gasteiger partial charge < -0.3 is 9.64 Å². The monoisotopic (exact) mass is 314 g/mol. The van der Waals surface area contributed by atoms with Crippen LogP contribution in [-0.4, -0.2) is 41.7 Å². The minimum absolute atomic E-state index is 0.174. The van der Waals surface area contributed by atoms with E-state index in [1.54, 1.807) is 11.3 Å². The molecule has 0 bridgehead atoms. The van der Waals surface area contributed by atoms with Gasteiger partial charge in [-0.25, -0.2) is 4.98 Å². The van der Waals surface area contributed by atoms with Crippen LogP contribution in [0.1, 0.15) is 32.4 Å². The van der Waals surface area contributed by atoms with Crippen LogP contribution in [-0.2, 0) is 16.0 Å². The van der Waals surface area contributed by atoms with Crippen LogP contribution < -0.4 is 4.90 Å². The molecular weight excluding hydrogens is 292 g/mol. The lowest BCUT2D eigenvalue weighted by Gasteiger charge is -2.22. The van der Waals surface area contributed by atoms with Crippen molar-refractivity contribution in [2.45, 2.75) is 37.9 Å². The summed E-state index contributed by atoms with van der Waals surface area (Å²) in [6.07, 6.45) is 2.24. The van der Waals surface area contributed by atoms with Crippen molar-refractivity contribution in [3.8, 4) is 0 Å². The number of carbonyl (C=O) groups excluding carboxylic acids is 1. The first-order valence-corrected chi connectivity index (χ1v) is 8.77. The summed E-state index contributed by atoms with van der Waals surface area (Å²) in [5.41, 5.74) is 0.992. The number of nitrogens with zero attached hydrogens (tertiary/aromatic N) is 2. The van der Waals surface area contributed by atoms with Gasteiger partial charge in [0.1, 0.15) is 0 Å². The molecule has 0 saturated carbocycles. The Morgan fingerprint density at radius 3 is 3.05 bits per heavy atom. The van der Waals surface area contributed by atoms with Crippen LogP contribution in [0.4, 0.5) is 5.13 Å². The summed E-state index contributed by atoms with van der Waals surface area (Å²) in [6.45, 7) is 6.73. The summed E-state index contributed by atoms with van der Waals surface area (Å²) in [4.78, 5) is 18.2. The van der Waals surface area contributed by atoms with E-state index < -0.39 is 0 Å². The summed E-state index contributed by atoms with van der Waals surface area (Å²) in [5.74, 6) is 0.969. The molecule has 1 saturated heterocycles. The molecule has 0 aromatic carbocycles. The van der Waals surface area contributed by atoms with E-state index in [4.69, 9.17) is 0 Å². The van der Waals surface area contributed by atoms with Crippen molar-refractivity contribution in [2.75, 3.05) is 30.9 Å². The Morgan fingerprint density at radius 2 is 2.30 bits per heavy atom. The quantitative estimate of drug-likeness (QED) is 0.799. The third-order valence-corrected chi connectivity index (χ3v) is 5.78. The van der Waals surface area contributed by atoms with Crippen molar-refractivity contribution in [1.82, 2.24) is 4.98 Å². The third kappa shape index (κ3) is 4.38. The number of thioether (sulfide) groups is 1.